The summed E-state index contributed by atoms with van der Waals surface area (Å²) in [6.07, 6.45) is 9.30. The van der Waals surface area contributed by atoms with Crippen molar-refractivity contribution in [3.63, 3.8) is 0 Å². The van der Waals surface area contributed by atoms with Crippen molar-refractivity contribution < 1.29 is 0 Å². The third kappa shape index (κ3) is 4.73. The SMILES string of the molecule is CCCC(C)(N)CN1CCC(N2CCCCC2)CC1. The van der Waals surface area contributed by atoms with E-state index >= 15 is 0 Å². The second-order valence-electron chi connectivity index (χ2n) is 7.01. The molecule has 3 heteroatoms. The highest BCUT2D eigenvalue weighted by atomic mass is 15.2. The van der Waals surface area contributed by atoms with Crippen LogP contribution in [0.1, 0.15) is 58.8 Å². The third-order valence-corrected chi connectivity index (χ3v) is 4.87. The lowest BCUT2D eigenvalue weighted by Crippen LogP contribution is -2.52. The van der Waals surface area contributed by atoms with Crippen molar-refractivity contribution in [2.45, 2.75) is 70.4 Å². The molecule has 0 bridgehead atoms. The van der Waals surface area contributed by atoms with Crippen LogP contribution in [0.2, 0.25) is 0 Å². The van der Waals surface area contributed by atoms with E-state index in [1.54, 1.807) is 0 Å². The Morgan fingerprint density at radius 1 is 1.05 bits per heavy atom. The van der Waals surface area contributed by atoms with Gasteiger partial charge in [0.05, 0.1) is 0 Å². The van der Waals surface area contributed by atoms with Crippen molar-refractivity contribution in [2.75, 3.05) is 32.7 Å². The summed E-state index contributed by atoms with van der Waals surface area (Å²) in [6.45, 7) is 10.7. The van der Waals surface area contributed by atoms with E-state index < -0.39 is 0 Å². The number of rotatable bonds is 5. The molecule has 2 N–H and O–H groups in total. The molecule has 2 heterocycles. The first kappa shape index (κ1) is 15.3. The summed E-state index contributed by atoms with van der Waals surface area (Å²) in [7, 11) is 0. The van der Waals surface area contributed by atoms with Crippen LogP contribution in [0.15, 0.2) is 0 Å². The number of hydrogen-bond acceptors (Lipinski definition) is 3. The van der Waals surface area contributed by atoms with Crippen molar-refractivity contribution in [3.8, 4) is 0 Å². The lowest BCUT2D eigenvalue weighted by Gasteiger charge is -2.42. The molecule has 0 saturated carbocycles. The Morgan fingerprint density at radius 3 is 2.26 bits per heavy atom. The molecule has 3 nitrogen and oxygen atoms in total. The van der Waals surface area contributed by atoms with E-state index in [1.165, 1.54) is 64.7 Å². The standard InChI is InChI=1S/C16H33N3/c1-3-9-16(2,17)14-18-12-7-15(8-13-18)19-10-5-4-6-11-19/h15H,3-14,17H2,1-2H3. The predicted molar refractivity (Wildman–Crippen MR) is 82.4 cm³/mol. The molecule has 1 atom stereocenters. The Bertz CT molecular complexity index is 251. The highest BCUT2D eigenvalue weighted by Crippen LogP contribution is 2.22. The van der Waals surface area contributed by atoms with Gasteiger partial charge in [0, 0.05) is 18.1 Å². The van der Waals surface area contributed by atoms with Gasteiger partial charge in [0.2, 0.25) is 0 Å². The summed E-state index contributed by atoms with van der Waals surface area (Å²) in [4.78, 5) is 5.34. The fourth-order valence-electron chi connectivity index (χ4n) is 3.89. The van der Waals surface area contributed by atoms with E-state index in [9.17, 15) is 0 Å². The minimum absolute atomic E-state index is 0.00666. The maximum atomic E-state index is 6.38. The van der Waals surface area contributed by atoms with Crippen molar-refractivity contribution in [3.05, 3.63) is 0 Å². The molecular weight excluding hydrogens is 234 g/mol. The molecule has 19 heavy (non-hydrogen) atoms. The van der Waals surface area contributed by atoms with Crippen LogP contribution in [0.25, 0.3) is 0 Å². The molecular formula is C16H33N3. The summed E-state index contributed by atoms with van der Waals surface area (Å²) in [6, 6.07) is 0.853. The molecule has 2 aliphatic rings. The number of piperidine rings is 2. The molecule has 2 fully saturated rings. The number of likely N-dealkylation sites (tertiary alicyclic amines) is 2. The largest absolute Gasteiger partial charge is 0.324 e. The Morgan fingerprint density at radius 2 is 1.68 bits per heavy atom. The topological polar surface area (TPSA) is 32.5 Å². The second kappa shape index (κ2) is 7.05. The van der Waals surface area contributed by atoms with E-state index in [4.69, 9.17) is 5.73 Å². The summed E-state index contributed by atoms with van der Waals surface area (Å²) in [5, 5.41) is 0. The number of nitrogens with two attached hydrogens (primary N) is 1. The van der Waals surface area contributed by atoms with E-state index in [0.717, 1.165) is 19.0 Å². The van der Waals surface area contributed by atoms with E-state index in [-0.39, 0.29) is 5.54 Å². The predicted octanol–water partition coefficient (Wildman–Crippen LogP) is 2.45. The molecule has 0 amide bonds. The average Bonchev–Trinajstić information content (AvgIpc) is 2.40. The zero-order valence-corrected chi connectivity index (χ0v) is 13.0. The van der Waals surface area contributed by atoms with Crippen LogP contribution in [0, 0.1) is 0 Å². The van der Waals surface area contributed by atoms with Crippen molar-refractivity contribution >= 4 is 0 Å². The highest BCUT2D eigenvalue weighted by molar-refractivity contribution is 4.87. The van der Waals surface area contributed by atoms with Gasteiger partial charge in [0.1, 0.15) is 0 Å². The maximum Gasteiger partial charge on any atom is 0.0254 e. The fourth-order valence-corrected chi connectivity index (χ4v) is 3.89. The zero-order chi connectivity index (χ0) is 13.7. The smallest absolute Gasteiger partial charge is 0.0254 e. The first-order valence-corrected chi connectivity index (χ1v) is 8.36. The van der Waals surface area contributed by atoms with Gasteiger partial charge < -0.3 is 15.5 Å². The van der Waals surface area contributed by atoms with Gasteiger partial charge in [0.25, 0.3) is 0 Å². The van der Waals surface area contributed by atoms with Crippen molar-refractivity contribution in [1.29, 1.82) is 0 Å². The van der Waals surface area contributed by atoms with Crippen LogP contribution in [-0.4, -0.2) is 54.1 Å². The van der Waals surface area contributed by atoms with Crippen LogP contribution in [0.4, 0.5) is 0 Å². The summed E-state index contributed by atoms with van der Waals surface area (Å²) < 4.78 is 0. The van der Waals surface area contributed by atoms with Gasteiger partial charge in [0.15, 0.2) is 0 Å². The lowest BCUT2D eigenvalue weighted by molar-refractivity contribution is 0.0821. The summed E-state index contributed by atoms with van der Waals surface area (Å²) >= 11 is 0. The molecule has 0 aromatic rings. The lowest BCUT2D eigenvalue weighted by atomic mass is 9.94. The van der Waals surface area contributed by atoms with E-state index in [0.29, 0.717) is 0 Å². The maximum absolute atomic E-state index is 6.38. The molecule has 0 aromatic heterocycles. The molecule has 2 rings (SSSR count). The highest BCUT2D eigenvalue weighted by Gasteiger charge is 2.28. The molecule has 1 unspecified atom stereocenters. The minimum atomic E-state index is 0.00666. The van der Waals surface area contributed by atoms with Gasteiger partial charge in [-0.05, 0) is 65.2 Å². The molecule has 2 saturated heterocycles. The van der Waals surface area contributed by atoms with Crippen molar-refractivity contribution in [1.82, 2.24) is 9.80 Å². The molecule has 0 radical (unpaired) electrons. The third-order valence-electron chi connectivity index (χ3n) is 4.87. The number of hydrogen-bond donors (Lipinski definition) is 1. The van der Waals surface area contributed by atoms with Gasteiger partial charge in [-0.3, -0.25) is 0 Å². The van der Waals surface area contributed by atoms with Crippen molar-refractivity contribution in [2.24, 2.45) is 5.73 Å². The van der Waals surface area contributed by atoms with Gasteiger partial charge in [-0.15, -0.1) is 0 Å². The van der Waals surface area contributed by atoms with Crippen LogP contribution < -0.4 is 5.73 Å². The summed E-state index contributed by atoms with van der Waals surface area (Å²) in [5.74, 6) is 0. The normalized spacial score (nSPS) is 27.3. The Hall–Kier alpha value is -0.120. The monoisotopic (exact) mass is 267 g/mol. The van der Waals surface area contributed by atoms with Gasteiger partial charge >= 0.3 is 0 Å². The number of nitrogens with zero attached hydrogens (tertiary/aromatic N) is 2. The Kier molecular flexibility index (Phi) is 5.67. The van der Waals surface area contributed by atoms with Gasteiger partial charge in [-0.2, -0.15) is 0 Å². The Balaban J connectivity index is 1.72. The first-order valence-electron chi connectivity index (χ1n) is 8.36. The molecule has 0 aliphatic carbocycles. The summed E-state index contributed by atoms with van der Waals surface area (Å²) in [5.41, 5.74) is 6.39. The van der Waals surface area contributed by atoms with E-state index in [1.807, 2.05) is 0 Å². The zero-order valence-electron chi connectivity index (χ0n) is 13.0. The minimum Gasteiger partial charge on any atom is -0.324 e. The molecule has 0 aromatic carbocycles. The molecule has 112 valence electrons. The van der Waals surface area contributed by atoms with Crippen LogP contribution in [0.3, 0.4) is 0 Å². The molecule has 0 spiro atoms. The Labute approximate surface area is 119 Å². The van der Waals surface area contributed by atoms with Crippen LogP contribution in [0.5, 0.6) is 0 Å². The first-order chi connectivity index (χ1) is 9.11. The van der Waals surface area contributed by atoms with Gasteiger partial charge in [-0.25, -0.2) is 0 Å². The molecule has 2 aliphatic heterocycles. The quantitative estimate of drug-likeness (QED) is 0.830. The van der Waals surface area contributed by atoms with E-state index in [2.05, 4.69) is 23.6 Å². The van der Waals surface area contributed by atoms with Crippen LogP contribution in [-0.2, 0) is 0 Å². The second-order valence-corrected chi connectivity index (χ2v) is 7.01. The van der Waals surface area contributed by atoms with Gasteiger partial charge in [-0.1, -0.05) is 19.8 Å². The van der Waals surface area contributed by atoms with Crippen LogP contribution >= 0.6 is 0 Å². The fraction of sp³-hybridized carbons (Fsp3) is 1.00. The average molecular weight is 267 g/mol.